The Balaban J connectivity index is 1.39. The van der Waals surface area contributed by atoms with Gasteiger partial charge >= 0.3 is 0 Å². The highest BCUT2D eigenvalue weighted by atomic mass is 35.5. The summed E-state index contributed by atoms with van der Waals surface area (Å²) in [7, 11) is 0. The lowest BCUT2D eigenvalue weighted by Crippen LogP contribution is -2.23. The average Bonchev–Trinajstić information content (AvgIpc) is 2.85. The molecule has 34 heavy (non-hydrogen) atoms. The minimum absolute atomic E-state index is 0.00387. The molecule has 4 nitrogen and oxygen atoms in total. The molecule has 4 aromatic rings. The zero-order valence-electron chi connectivity index (χ0n) is 19.8. The number of aromatic nitrogens is 2. The van der Waals surface area contributed by atoms with Crippen LogP contribution in [-0.4, -0.2) is 16.2 Å². The van der Waals surface area contributed by atoms with E-state index in [2.05, 4.69) is 26.0 Å². The number of hydrogen-bond donors (Lipinski definition) is 0. The molecule has 0 aliphatic rings. The lowest BCUT2D eigenvalue weighted by molar-refractivity contribution is 0.300. The van der Waals surface area contributed by atoms with Gasteiger partial charge in [0.2, 0.25) is 0 Å². The maximum atomic E-state index is 13.3. The van der Waals surface area contributed by atoms with Crippen molar-refractivity contribution in [2.45, 2.75) is 52.0 Å². The Morgan fingerprint density at radius 1 is 0.882 bits per heavy atom. The monoisotopic (exact) mass is 474 g/mol. The highest BCUT2D eigenvalue weighted by Crippen LogP contribution is 2.26. The second kappa shape index (κ2) is 11.3. The second-order valence-electron chi connectivity index (χ2n) is 8.87. The number of hydrogen-bond acceptors (Lipinski definition) is 3. The molecule has 0 atom stereocenters. The van der Waals surface area contributed by atoms with Gasteiger partial charge in [0.1, 0.15) is 11.6 Å². The highest BCUT2D eigenvalue weighted by Gasteiger charge is 2.13. The molecule has 0 saturated carbocycles. The first-order valence-electron chi connectivity index (χ1n) is 12.0. The topological polar surface area (TPSA) is 44.1 Å². The molecule has 0 aliphatic heterocycles. The summed E-state index contributed by atoms with van der Waals surface area (Å²) >= 11 is 6.07. The number of fused-ring (bicyclic) bond motifs is 1. The Morgan fingerprint density at radius 3 is 2.38 bits per heavy atom. The van der Waals surface area contributed by atoms with Crippen molar-refractivity contribution in [1.29, 1.82) is 0 Å². The van der Waals surface area contributed by atoms with Gasteiger partial charge in [0.15, 0.2) is 0 Å². The average molecular weight is 475 g/mol. The van der Waals surface area contributed by atoms with E-state index in [9.17, 15) is 4.79 Å². The summed E-state index contributed by atoms with van der Waals surface area (Å²) in [4.78, 5) is 18.1. The molecule has 4 rings (SSSR count). The van der Waals surface area contributed by atoms with Gasteiger partial charge in [0.05, 0.1) is 17.5 Å². The number of para-hydroxylation sites is 2. The Bertz CT molecular complexity index is 1300. The quantitative estimate of drug-likeness (QED) is 0.224. The van der Waals surface area contributed by atoms with E-state index in [-0.39, 0.29) is 5.56 Å². The van der Waals surface area contributed by atoms with E-state index in [1.54, 1.807) is 4.57 Å². The third kappa shape index (κ3) is 5.68. The van der Waals surface area contributed by atoms with Crippen LogP contribution < -0.4 is 10.3 Å². The molecule has 0 aliphatic carbocycles. The molecule has 0 spiro atoms. The first kappa shape index (κ1) is 24.0. The molecular weight excluding hydrogens is 444 g/mol. The Morgan fingerprint density at radius 2 is 1.59 bits per heavy atom. The van der Waals surface area contributed by atoms with E-state index in [4.69, 9.17) is 21.3 Å². The molecular formula is C29H31ClN2O2. The Kier molecular flexibility index (Phi) is 8.02. The summed E-state index contributed by atoms with van der Waals surface area (Å²) in [6.45, 7) is 5.71. The van der Waals surface area contributed by atoms with Crippen LogP contribution in [0.15, 0.2) is 77.6 Å². The SMILES string of the molecule is CC(C)c1ccccc1OCCCCCCn1c(-c2ccc(Cl)cc2)nc2ccccc2c1=O. The Labute approximate surface area is 206 Å². The van der Waals surface area contributed by atoms with Crippen molar-refractivity contribution in [3.63, 3.8) is 0 Å². The minimum Gasteiger partial charge on any atom is -0.493 e. The molecule has 176 valence electrons. The first-order valence-corrected chi connectivity index (χ1v) is 12.4. The van der Waals surface area contributed by atoms with E-state index in [0.717, 1.165) is 37.0 Å². The van der Waals surface area contributed by atoms with Crippen LogP contribution in [0.2, 0.25) is 5.02 Å². The van der Waals surface area contributed by atoms with Crippen LogP contribution in [0.25, 0.3) is 22.3 Å². The van der Waals surface area contributed by atoms with Crippen LogP contribution in [0.3, 0.4) is 0 Å². The van der Waals surface area contributed by atoms with Gasteiger partial charge in [0.25, 0.3) is 5.56 Å². The summed E-state index contributed by atoms with van der Waals surface area (Å²) < 4.78 is 7.85. The van der Waals surface area contributed by atoms with Gasteiger partial charge in [0, 0.05) is 17.1 Å². The predicted molar refractivity (Wildman–Crippen MR) is 141 cm³/mol. The molecule has 0 bridgehead atoms. The van der Waals surface area contributed by atoms with Crippen LogP contribution in [0.4, 0.5) is 0 Å². The van der Waals surface area contributed by atoms with Crippen LogP contribution >= 0.6 is 11.6 Å². The maximum Gasteiger partial charge on any atom is 0.261 e. The van der Waals surface area contributed by atoms with Crippen LogP contribution in [0.5, 0.6) is 5.75 Å². The molecule has 0 N–H and O–H groups in total. The van der Waals surface area contributed by atoms with Crippen molar-refractivity contribution in [2.24, 2.45) is 0 Å². The molecule has 0 saturated heterocycles. The highest BCUT2D eigenvalue weighted by molar-refractivity contribution is 6.30. The number of rotatable bonds is 10. The zero-order chi connectivity index (χ0) is 23.9. The summed E-state index contributed by atoms with van der Waals surface area (Å²) in [5.74, 6) is 2.12. The third-order valence-electron chi connectivity index (χ3n) is 6.04. The van der Waals surface area contributed by atoms with E-state index in [1.807, 2.05) is 60.7 Å². The molecule has 1 aromatic heterocycles. The molecule has 5 heteroatoms. The largest absolute Gasteiger partial charge is 0.493 e. The van der Waals surface area contributed by atoms with Crippen LogP contribution in [0.1, 0.15) is 51.0 Å². The fourth-order valence-corrected chi connectivity index (χ4v) is 4.32. The van der Waals surface area contributed by atoms with Crippen molar-refractivity contribution < 1.29 is 4.74 Å². The molecule has 3 aromatic carbocycles. The summed E-state index contributed by atoms with van der Waals surface area (Å²) in [6.07, 6.45) is 3.97. The normalized spacial score (nSPS) is 11.3. The number of halogens is 1. The molecule has 0 radical (unpaired) electrons. The van der Waals surface area contributed by atoms with E-state index < -0.39 is 0 Å². The standard InChI is InChI=1S/C29H31ClN2O2/c1-21(2)24-11-6-8-14-27(24)34-20-10-4-3-9-19-32-28(22-15-17-23(30)18-16-22)31-26-13-7-5-12-25(26)29(32)33/h5-8,11-18,21H,3-4,9-10,19-20H2,1-2H3. The third-order valence-corrected chi connectivity index (χ3v) is 6.29. The van der Waals surface area contributed by atoms with Crippen molar-refractivity contribution in [3.05, 3.63) is 93.7 Å². The fourth-order valence-electron chi connectivity index (χ4n) is 4.19. The van der Waals surface area contributed by atoms with Crippen molar-refractivity contribution >= 4 is 22.5 Å². The number of nitrogens with zero attached hydrogens (tertiary/aromatic N) is 2. The van der Waals surface area contributed by atoms with Gasteiger partial charge in [-0.25, -0.2) is 4.98 Å². The number of ether oxygens (including phenoxy) is 1. The van der Waals surface area contributed by atoms with Gasteiger partial charge in [-0.3, -0.25) is 9.36 Å². The van der Waals surface area contributed by atoms with Crippen LogP contribution in [0, 0.1) is 0 Å². The van der Waals surface area contributed by atoms with Crippen LogP contribution in [-0.2, 0) is 6.54 Å². The Hall–Kier alpha value is -3.11. The van der Waals surface area contributed by atoms with E-state index in [0.29, 0.717) is 40.8 Å². The molecule has 1 heterocycles. The number of benzene rings is 3. The predicted octanol–water partition coefficient (Wildman–Crippen LogP) is 7.48. The van der Waals surface area contributed by atoms with Gasteiger partial charge in [-0.15, -0.1) is 0 Å². The number of unbranched alkanes of at least 4 members (excludes halogenated alkanes) is 3. The summed E-state index contributed by atoms with van der Waals surface area (Å²) in [5.41, 5.74) is 2.86. The van der Waals surface area contributed by atoms with Gasteiger partial charge in [-0.05, 0) is 66.8 Å². The minimum atomic E-state index is 0.00387. The van der Waals surface area contributed by atoms with Gasteiger partial charge in [-0.2, -0.15) is 0 Å². The lowest BCUT2D eigenvalue weighted by atomic mass is 10.0. The smallest absolute Gasteiger partial charge is 0.261 e. The fraction of sp³-hybridized carbons (Fsp3) is 0.310. The molecule has 0 amide bonds. The van der Waals surface area contributed by atoms with Crippen molar-refractivity contribution in [1.82, 2.24) is 9.55 Å². The van der Waals surface area contributed by atoms with Gasteiger partial charge in [-0.1, -0.05) is 68.6 Å². The van der Waals surface area contributed by atoms with Crippen molar-refractivity contribution in [3.8, 4) is 17.1 Å². The van der Waals surface area contributed by atoms with Gasteiger partial charge < -0.3 is 4.74 Å². The maximum absolute atomic E-state index is 13.3. The first-order chi connectivity index (χ1) is 16.5. The van der Waals surface area contributed by atoms with E-state index >= 15 is 0 Å². The lowest BCUT2D eigenvalue weighted by Gasteiger charge is -2.15. The summed E-state index contributed by atoms with van der Waals surface area (Å²) in [6, 6.07) is 23.3. The summed E-state index contributed by atoms with van der Waals surface area (Å²) in [5, 5.41) is 1.31. The second-order valence-corrected chi connectivity index (χ2v) is 9.31. The molecule has 0 unspecified atom stereocenters. The van der Waals surface area contributed by atoms with E-state index in [1.165, 1.54) is 5.56 Å². The molecule has 0 fully saturated rings. The zero-order valence-corrected chi connectivity index (χ0v) is 20.6. The van der Waals surface area contributed by atoms with Crippen molar-refractivity contribution in [2.75, 3.05) is 6.61 Å².